The number of hydrogen-bond acceptors (Lipinski definition) is 4. The number of nitrogens with one attached hydrogen (secondary N) is 1. The molecular formula is C12H20N2O3S. The van der Waals surface area contributed by atoms with Crippen LogP contribution in [0.15, 0.2) is 24.3 Å². The van der Waals surface area contributed by atoms with Gasteiger partial charge in [0.05, 0.1) is 5.75 Å². The Morgan fingerprint density at radius 2 is 1.94 bits per heavy atom. The van der Waals surface area contributed by atoms with Gasteiger partial charge in [-0.25, -0.2) is 13.6 Å². The van der Waals surface area contributed by atoms with Crippen molar-refractivity contribution in [2.45, 2.75) is 25.1 Å². The first kappa shape index (κ1) is 14.9. The fraction of sp³-hybridized carbons (Fsp3) is 0.500. The van der Waals surface area contributed by atoms with Gasteiger partial charge < -0.3 is 10.1 Å². The Bertz CT molecular complexity index is 457. The summed E-state index contributed by atoms with van der Waals surface area (Å²) in [5, 5.41) is 8.29. The Kier molecular flexibility index (Phi) is 5.58. The van der Waals surface area contributed by atoms with Gasteiger partial charge in [0.25, 0.3) is 0 Å². The standard InChI is InChI=1S/C12H20N2O3S/c1-10(7-8-17-2)14-12-5-3-11(4-6-12)9-18(13,15)16/h3-6,10,14H,7-9H2,1-2H3,(H2,13,15,16). The minimum atomic E-state index is -3.46. The van der Waals surface area contributed by atoms with Gasteiger partial charge >= 0.3 is 0 Å². The van der Waals surface area contributed by atoms with Crippen molar-refractivity contribution in [3.8, 4) is 0 Å². The summed E-state index contributed by atoms with van der Waals surface area (Å²) in [5.41, 5.74) is 1.64. The maximum atomic E-state index is 10.9. The second-order valence-electron chi connectivity index (χ2n) is 4.33. The third-order valence-corrected chi connectivity index (χ3v) is 3.23. The number of rotatable bonds is 7. The van der Waals surface area contributed by atoms with Crippen molar-refractivity contribution in [1.82, 2.24) is 0 Å². The second-order valence-corrected chi connectivity index (χ2v) is 5.95. The van der Waals surface area contributed by atoms with Crippen LogP contribution < -0.4 is 10.5 Å². The lowest BCUT2D eigenvalue weighted by molar-refractivity contribution is 0.191. The highest BCUT2D eigenvalue weighted by Crippen LogP contribution is 2.13. The van der Waals surface area contributed by atoms with Gasteiger partial charge in [-0.05, 0) is 31.0 Å². The van der Waals surface area contributed by atoms with Gasteiger partial charge in [-0.3, -0.25) is 0 Å². The largest absolute Gasteiger partial charge is 0.385 e. The molecule has 0 saturated heterocycles. The zero-order valence-corrected chi connectivity index (χ0v) is 11.5. The first-order valence-electron chi connectivity index (χ1n) is 5.75. The SMILES string of the molecule is COCCC(C)Nc1ccc(CS(N)(=O)=O)cc1. The van der Waals surface area contributed by atoms with E-state index in [1.54, 1.807) is 19.2 Å². The first-order valence-corrected chi connectivity index (χ1v) is 7.47. The highest BCUT2D eigenvalue weighted by atomic mass is 32.2. The van der Waals surface area contributed by atoms with E-state index in [1.807, 2.05) is 12.1 Å². The Labute approximate surface area is 108 Å². The number of methoxy groups -OCH3 is 1. The molecule has 1 rings (SSSR count). The van der Waals surface area contributed by atoms with Crippen LogP contribution in [0.4, 0.5) is 5.69 Å². The molecule has 6 heteroatoms. The van der Waals surface area contributed by atoms with E-state index in [-0.39, 0.29) is 5.75 Å². The Morgan fingerprint density at radius 3 is 2.44 bits per heavy atom. The van der Waals surface area contributed by atoms with Crippen LogP contribution in [0.3, 0.4) is 0 Å². The summed E-state index contributed by atoms with van der Waals surface area (Å²) < 4.78 is 26.9. The van der Waals surface area contributed by atoms with Crippen molar-refractivity contribution in [2.75, 3.05) is 19.0 Å². The smallest absolute Gasteiger partial charge is 0.213 e. The molecule has 0 aromatic heterocycles. The zero-order valence-electron chi connectivity index (χ0n) is 10.7. The van der Waals surface area contributed by atoms with E-state index in [2.05, 4.69) is 12.2 Å². The molecule has 0 spiro atoms. The molecule has 1 aromatic rings. The number of hydrogen-bond donors (Lipinski definition) is 2. The molecule has 5 nitrogen and oxygen atoms in total. The number of nitrogens with two attached hydrogens (primary N) is 1. The van der Waals surface area contributed by atoms with Crippen molar-refractivity contribution in [1.29, 1.82) is 0 Å². The fourth-order valence-corrected chi connectivity index (χ4v) is 2.24. The maximum absolute atomic E-state index is 10.9. The summed E-state index contributed by atoms with van der Waals surface area (Å²) in [6.07, 6.45) is 0.912. The molecule has 3 N–H and O–H groups in total. The van der Waals surface area contributed by atoms with Gasteiger partial charge in [-0.1, -0.05) is 12.1 Å². The molecule has 102 valence electrons. The van der Waals surface area contributed by atoms with Gasteiger partial charge in [0, 0.05) is 25.4 Å². The summed E-state index contributed by atoms with van der Waals surface area (Å²) in [5.74, 6) is -0.132. The van der Waals surface area contributed by atoms with Crippen LogP contribution in [0.5, 0.6) is 0 Å². The summed E-state index contributed by atoms with van der Waals surface area (Å²) in [7, 11) is -1.79. The molecule has 0 bridgehead atoms. The van der Waals surface area contributed by atoms with Crippen molar-refractivity contribution >= 4 is 15.7 Å². The summed E-state index contributed by atoms with van der Waals surface area (Å²) in [4.78, 5) is 0. The van der Waals surface area contributed by atoms with E-state index >= 15 is 0 Å². The van der Waals surface area contributed by atoms with E-state index < -0.39 is 10.0 Å². The molecular weight excluding hydrogens is 252 g/mol. The highest BCUT2D eigenvalue weighted by Gasteiger charge is 2.05. The van der Waals surface area contributed by atoms with Crippen molar-refractivity contribution in [2.24, 2.45) is 5.14 Å². The maximum Gasteiger partial charge on any atom is 0.213 e. The number of benzene rings is 1. The molecule has 0 saturated carbocycles. The first-order chi connectivity index (χ1) is 8.40. The number of ether oxygens (including phenoxy) is 1. The number of primary sulfonamides is 1. The highest BCUT2D eigenvalue weighted by molar-refractivity contribution is 7.88. The van der Waals surface area contributed by atoms with Crippen LogP contribution in [-0.4, -0.2) is 28.2 Å². The van der Waals surface area contributed by atoms with Crippen LogP contribution in [0.1, 0.15) is 18.9 Å². The summed E-state index contributed by atoms with van der Waals surface area (Å²) in [6.45, 7) is 2.77. The molecule has 0 aliphatic carbocycles. The molecule has 1 unspecified atom stereocenters. The second kappa shape index (κ2) is 6.72. The third-order valence-electron chi connectivity index (χ3n) is 2.49. The van der Waals surface area contributed by atoms with E-state index in [0.717, 1.165) is 12.1 Å². The molecule has 0 aliphatic rings. The van der Waals surface area contributed by atoms with Gasteiger partial charge in [0.1, 0.15) is 0 Å². The Hall–Kier alpha value is -1.11. The topological polar surface area (TPSA) is 81.4 Å². The van der Waals surface area contributed by atoms with Crippen molar-refractivity contribution in [3.05, 3.63) is 29.8 Å². The van der Waals surface area contributed by atoms with E-state index in [4.69, 9.17) is 9.88 Å². The van der Waals surface area contributed by atoms with E-state index in [1.165, 1.54) is 0 Å². The monoisotopic (exact) mass is 272 g/mol. The molecule has 1 atom stereocenters. The molecule has 0 heterocycles. The van der Waals surface area contributed by atoms with Crippen molar-refractivity contribution in [3.63, 3.8) is 0 Å². The van der Waals surface area contributed by atoms with Crippen LogP contribution in [0, 0.1) is 0 Å². The molecule has 0 aliphatic heterocycles. The molecule has 0 radical (unpaired) electrons. The Morgan fingerprint density at radius 1 is 1.33 bits per heavy atom. The lowest BCUT2D eigenvalue weighted by atomic mass is 10.2. The van der Waals surface area contributed by atoms with Gasteiger partial charge in [-0.2, -0.15) is 0 Å². The van der Waals surface area contributed by atoms with E-state index in [0.29, 0.717) is 18.2 Å². The third kappa shape index (κ3) is 6.00. The van der Waals surface area contributed by atoms with E-state index in [9.17, 15) is 8.42 Å². The quantitative estimate of drug-likeness (QED) is 0.784. The minimum absolute atomic E-state index is 0.132. The van der Waals surface area contributed by atoms with Crippen LogP contribution >= 0.6 is 0 Å². The predicted molar refractivity (Wildman–Crippen MR) is 72.8 cm³/mol. The van der Waals surface area contributed by atoms with Gasteiger partial charge in [0.15, 0.2) is 0 Å². The Balaban J connectivity index is 2.55. The van der Waals surface area contributed by atoms with Crippen LogP contribution in [-0.2, 0) is 20.5 Å². The molecule has 0 amide bonds. The lowest BCUT2D eigenvalue weighted by Crippen LogP contribution is -2.17. The lowest BCUT2D eigenvalue weighted by Gasteiger charge is -2.14. The van der Waals surface area contributed by atoms with Gasteiger partial charge in [-0.15, -0.1) is 0 Å². The molecule has 18 heavy (non-hydrogen) atoms. The average Bonchev–Trinajstić information content (AvgIpc) is 2.27. The number of sulfonamides is 1. The van der Waals surface area contributed by atoms with Crippen LogP contribution in [0.25, 0.3) is 0 Å². The average molecular weight is 272 g/mol. The normalized spacial score (nSPS) is 13.3. The number of anilines is 1. The predicted octanol–water partition coefficient (Wildman–Crippen LogP) is 1.31. The zero-order chi connectivity index (χ0) is 13.6. The molecule has 0 fully saturated rings. The fourth-order valence-electron chi connectivity index (χ4n) is 1.58. The van der Waals surface area contributed by atoms with Crippen LogP contribution in [0.2, 0.25) is 0 Å². The summed E-state index contributed by atoms with van der Waals surface area (Å²) >= 11 is 0. The summed E-state index contributed by atoms with van der Waals surface area (Å²) in [6, 6.07) is 7.52. The minimum Gasteiger partial charge on any atom is -0.385 e. The van der Waals surface area contributed by atoms with Crippen molar-refractivity contribution < 1.29 is 13.2 Å². The van der Waals surface area contributed by atoms with Gasteiger partial charge in [0.2, 0.25) is 10.0 Å². The molecule has 1 aromatic carbocycles.